The standard InChI is InChI=1S/C14H21NO/c1-8(7-16)15-14-12(5)10(3)9(2)11(4)13(14)6/h7-8,15H,1-6H3. The van der Waals surface area contributed by atoms with Gasteiger partial charge in [0.15, 0.2) is 0 Å². The second kappa shape index (κ2) is 4.69. The monoisotopic (exact) mass is 219 g/mol. The number of benzene rings is 1. The lowest BCUT2D eigenvalue weighted by Crippen LogP contribution is -2.18. The molecule has 2 nitrogen and oxygen atoms in total. The van der Waals surface area contributed by atoms with Crippen LogP contribution in [0.15, 0.2) is 0 Å². The number of anilines is 1. The quantitative estimate of drug-likeness (QED) is 0.791. The lowest BCUT2D eigenvalue weighted by molar-refractivity contribution is -0.108. The van der Waals surface area contributed by atoms with Crippen LogP contribution in [-0.2, 0) is 4.79 Å². The van der Waals surface area contributed by atoms with Crippen LogP contribution >= 0.6 is 0 Å². The topological polar surface area (TPSA) is 29.1 Å². The van der Waals surface area contributed by atoms with E-state index in [0.29, 0.717) is 0 Å². The summed E-state index contributed by atoms with van der Waals surface area (Å²) in [6.07, 6.45) is 0.934. The second-order valence-corrected chi connectivity index (χ2v) is 4.57. The molecule has 1 atom stereocenters. The summed E-state index contributed by atoms with van der Waals surface area (Å²) in [4.78, 5) is 10.7. The van der Waals surface area contributed by atoms with Gasteiger partial charge in [-0.15, -0.1) is 0 Å². The van der Waals surface area contributed by atoms with Crippen LogP contribution in [0.5, 0.6) is 0 Å². The van der Waals surface area contributed by atoms with Gasteiger partial charge in [0.05, 0.1) is 6.04 Å². The van der Waals surface area contributed by atoms with Crippen LogP contribution in [-0.4, -0.2) is 12.3 Å². The van der Waals surface area contributed by atoms with Gasteiger partial charge in [0.2, 0.25) is 0 Å². The van der Waals surface area contributed by atoms with Gasteiger partial charge >= 0.3 is 0 Å². The number of carbonyl (C=O) groups excluding carboxylic acids is 1. The van der Waals surface area contributed by atoms with Gasteiger partial charge in [-0.1, -0.05) is 0 Å². The minimum absolute atomic E-state index is 0.140. The first-order chi connectivity index (χ1) is 7.40. The van der Waals surface area contributed by atoms with Gasteiger partial charge in [-0.3, -0.25) is 0 Å². The molecule has 1 aromatic carbocycles. The molecule has 0 aromatic heterocycles. The highest BCUT2D eigenvalue weighted by Gasteiger charge is 2.13. The van der Waals surface area contributed by atoms with Crippen LogP contribution in [0.4, 0.5) is 5.69 Å². The Morgan fingerprint density at radius 1 is 0.875 bits per heavy atom. The molecule has 0 saturated carbocycles. The van der Waals surface area contributed by atoms with Crippen LogP contribution in [0.2, 0.25) is 0 Å². The van der Waals surface area contributed by atoms with E-state index in [1.54, 1.807) is 0 Å². The van der Waals surface area contributed by atoms with Crippen LogP contribution in [0.1, 0.15) is 34.7 Å². The van der Waals surface area contributed by atoms with E-state index in [4.69, 9.17) is 0 Å². The largest absolute Gasteiger partial charge is 0.375 e. The Hall–Kier alpha value is -1.31. The highest BCUT2D eigenvalue weighted by molar-refractivity contribution is 5.70. The van der Waals surface area contributed by atoms with Crippen LogP contribution in [0.25, 0.3) is 0 Å². The number of nitrogens with one attached hydrogen (secondary N) is 1. The summed E-state index contributed by atoms with van der Waals surface area (Å²) >= 11 is 0. The Bertz CT molecular complexity index is 392. The molecule has 1 aromatic rings. The molecule has 0 heterocycles. The summed E-state index contributed by atoms with van der Waals surface area (Å²) in [6, 6.07) is -0.140. The van der Waals surface area contributed by atoms with E-state index in [9.17, 15) is 4.79 Å². The number of hydrogen-bond donors (Lipinski definition) is 1. The predicted octanol–water partition coefficient (Wildman–Crippen LogP) is 3.23. The Balaban J connectivity index is 3.33. The Morgan fingerprint density at radius 3 is 1.62 bits per heavy atom. The molecule has 0 fully saturated rings. The summed E-state index contributed by atoms with van der Waals surface area (Å²) in [5.74, 6) is 0. The molecule has 0 aliphatic heterocycles. The van der Waals surface area contributed by atoms with E-state index in [1.807, 2.05) is 6.92 Å². The smallest absolute Gasteiger partial charge is 0.141 e. The number of carbonyl (C=O) groups is 1. The first kappa shape index (κ1) is 12.8. The van der Waals surface area contributed by atoms with Gasteiger partial charge in [-0.2, -0.15) is 0 Å². The van der Waals surface area contributed by atoms with E-state index in [2.05, 4.69) is 39.9 Å². The average molecular weight is 219 g/mol. The number of hydrogen-bond acceptors (Lipinski definition) is 2. The van der Waals surface area contributed by atoms with Gasteiger partial charge in [-0.25, -0.2) is 0 Å². The van der Waals surface area contributed by atoms with E-state index in [-0.39, 0.29) is 6.04 Å². The normalized spacial score (nSPS) is 12.4. The van der Waals surface area contributed by atoms with E-state index in [0.717, 1.165) is 12.0 Å². The fourth-order valence-electron chi connectivity index (χ4n) is 1.98. The second-order valence-electron chi connectivity index (χ2n) is 4.57. The Kier molecular flexibility index (Phi) is 3.74. The van der Waals surface area contributed by atoms with Crippen molar-refractivity contribution < 1.29 is 4.79 Å². The van der Waals surface area contributed by atoms with Crippen molar-refractivity contribution in [3.05, 3.63) is 27.8 Å². The zero-order valence-corrected chi connectivity index (χ0v) is 11.1. The molecule has 0 amide bonds. The molecule has 0 spiro atoms. The lowest BCUT2D eigenvalue weighted by Gasteiger charge is -2.21. The Labute approximate surface area is 98.1 Å². The van der Waals surface area contributed by atoms with Gasteiger partial charge in [-0.05, 0) is 69.4 Å². The zero-order chi connectivity index (χ0) is 12.5. The molecular weight excluding hydrogens is 198 g/mol. The number of rotatable bonds is 3. The highest BCUT2D eigenvalue weighted by Crippen LogP contribution is 2.30. The molecule has 1 rings (SSSR count). The van der Waals surface area contributed by atoms with E-state index in [1.165, 1.54) is 27.8 Å². The van der Waals surface area contributed by atoms with Crippen molar-refractivity contribution in [1.29, 1.82) is 0 Å². The number of aldehydes is 1. The molecule has 0 aliphatic rings. The minimum Gasteiger partial charge on any atom is -0.375 e. The summed E-state index contributed by atoms with van der Waals surface area (Å²) < 4.78 is 0. The van der Waals surface area contributed by atoms with Crippen LogP contribution in [0, 0.1) is 34.6 Å². The fraction of sp³-hybridized carbons (Fsp3) is 0.500. The van der Waals surface area contributed by atoms with Crippen molar-refractivity contribution in [3.8, 4) is 0 Å². The first-order valence-electron chi connectivity index (χ1n) is 5.69. The van der Waals surface area contributed by atoms with Crippen LogP contribution in [0.3, 0.4) is 0 Å². The lowest BCUT2D eigenvalue weighted by atomic mass is 9.93. The third-order valence-electron chi connectivity index (χ3n) is 3.58. The predicted molar refractivity (Wildman–Crippen MR) is 69.3 cm³/mol. The van der Waals surface area contributed by atoms with Crippen molar-refractivity contribution in [2.24, 2.45) is 0 Å². The van der Waals surface area contributed by atoms with E-state index >= 15 is 0 Å². The molecule has 88 valence electrons. The van der Waals surface area contributed by atoms with Gasteiger partial charge in [0.25, 0.3) is 0 Å². The zero-order valence-electron chi connectivity index (χ0n) is 11.1. The highest BCUT2D eigenvalue weighted by atomic mass is 16.1. The van der Waals surface area contributed by atoms with Crippen molar-refractivity contribution in [1.82, 2.24) is 0 Å². The van der Waals surface area contributed by atoms with Crippen molar-refractivity contribution in [2.75, 3.05) is 5.32 Å². The molecule has 0 aliphatic carbocycles. The molecule has 16 heavy (non-hydrogen) atoms. The minimum atomic E-state index is -0.140. The van der Waals surface area contributed by atoms with Crippen molar-refractivity contribution in [3.63, 3.8) is 0 Å². The SMILES string of the molecule is Cc1c(C)c(C)c(NC(C)C=O)c(C)c1C. The maximum atomic E-state index is 10.7. The maximum absolute atomic E-state index is 10.7. The van der Waals surface area contributed by atoms with Gasteiger partial charge in [0.1, 0.15) is 6.29 Å². The molecule has 1 unspecified atom stereocenters. The molecule has 0 saturated heterocycles. The molecular formula is C14H21NO. The average Bonchev–Trinajstić information content (AvgIpc) is 2.29. The fourth-order valence-corrected chi connectivity index (χ4v) is 1.98. The molecule has 0 radical (unpaired) electrons. The summed E-state index contributed by atoms with van der Waals surface area (Å²) in [7, 11) is 0. The summed E-state index contributed by atoms with van der Waals surface area (Å²) in [6.45, 7) is 12.5. The summed E-state index contributed by atoms with van der Waals surface area (Å²) in [5.41, 5.74) is 7.57. The van der Waals surface area contributed by atoms with Gasteiger partial charge in [0, 0.05) is 5.69 Å². The third-order valence-corrected chi connectivity index (χ3v) is 3.58. The molecule has 2 heteroatoms. The van der Waals surface area contributed by atoms with Crippen LogP contribution < -0.4 is 5.32 Å². The van der Waals surface area contributed by atoms with E-state index < -0.39 is 0 Å². The van der Waals surface area contributed by atoms with Gasteiger partial charge < -0.3 is 10.1 Å². The summed E-state index contributed by atoms with van der Waals surface area (Å²) in [5, 5.41) is 3.27. The Morgan fingerprint density at radius 2 is 1.25 bits per heavy atom. The molecule has 0 bridgehead atoms. The third kappa shape index (κ3) is 2.11. The van der Waals surface area contributed by atoms with Crippen molar-refractivity contribution >= 4 is 12.0 Å². The molecule has 1 N–H and O–H groups in total. The first-order valence-corrected chi connectivity index (χ1v) is 5.69. The maximum Gasteiger partial charge on any atom is 0.141 e. The van der Waals surface area contributed by atoms with Crippen molar-refractivity contribution in [2.45, 2.75) is 47.6 Å².